The zero-order valence-corrected chi connectivity index (χ0v) is 9.95. The zero-order chi connectivity index (χ0) is 10.9. The summed E-state index contributed by atoms with van der Waals surface area (Å²) >= 11 is 0. The second-order valence-corrected chi connectivity index (χ2v) is 3.91. The Kier molecular flexibility index (Phi) is 5.83. The van der Waals surface area contributed by atoms with Crippen molar-refractivity contribution in [2.24, 2.45) is 0 Å². The Bertz CT molecular complexity index is 238. The fourth-order valence-electron chi connectivity index (χ4n) is 1.61. The van der Waals surface area contributed by atoms with Gasteiger partial charge >= 0.3 is 0 Å². The summed E-state index contributed by atoms with van der Waals surface area (Å²) in [5.74, 6) is 0. The number of unbranched alkanes of at least 4 members (excludes halogenated alkanes) is 2. The monoisotopic (exact) mass is 206 g/mol. The maximum absolute atomic E-state index is 4.18. The highest BCUT2D eigenvalue weighted by Crippen LogP contribution is 2.13. The van der Waals surface area contributed by atoms with E-state index in [2.05, 4.69) is 29.8 Å². The topological polar surface area (TPSA) is 16.1 Å². The molecule has 0 amide bonds. The highest BCUT2D eigenvalue weighted by molar-refractivity contribution is 5.43. The van der Waals surface area contributed by atoms with Crippen LogP contribution >= 0.6 is 0 Å². The lowest BCUT2D eigenvalue weighted by atomic mass is 10.2. The van der Waals surface area contributed by atoms with Gasteiger partial charge in [-0.05, 0) is 25.0 Å². The average molecular weight is 206 g/mol. The predicted molar refractivity (Wildman–Crippen MR) is 66.3 cm³/mol. The molecular weight excluding hydrogens is 184 g/mol. The van der Waals surface area contributed by atoms with E-state index < -0.39 is 0 Å². The quantitative estimate of drug-likeness (QED) is 0.679. The number of nitrogens with zero attached hydrogens (tertiary/aromatic N) is 2. The molecule has 0 saturated carbocycles. The number of anilines is 1. The lowest BCUT2D eigenvalue weighted by Gasteiger charge is -2.24. The van der Waals surface area contributed by atoms with Crippen molar-refractivity contribution in [3.05, 3.63) is 24.5 Å². The lowest BCUT2D eigenvalue weighted by molar-refractivity contribution is 0.677. The van der Waals surface area contributed by atoms with E-state index in [1.807, 2.05) is 18.5 Å². The Morgan fingerprint density at radius 1 is 1.13 bits per heavy atom. The number of pyridine rings is 1. The van der Waals surface area contributed by atoms with Crippen LogP contribution in [0.3, 0.4) is 0 Å². The molecule has 0 radical (unpaired) electrons. The molecule has 0 unspecified atom stereocenters. The standard InChI is InChI=1S/C13H22N2/c1-3-5-10-15(11-6-4-2)13-8-7-9-14-12-13/h7-9,12H,3-6,10-11H2,1-2H3. The fourth-order valence-corrected chi connectivity index (χ4v) is 1.61. The van der Waals surface area contributed by atoms with Gasteiger partial charge in [0.05, 0.1) is 11.9 Å². The minimum absolute atomic E-state index is 1.15. The van der Waals surface area contributed by atoms with Gasteiger partial charge in [0.1, 0.15) is 0 Å². The van der Waals surface area contributed by atoms with Crippen LogP contribution in [-0.2, 0) is 0 Å². The zero-order valence-electron chi connectivity index (χ0n) is 9.95. The Morgan fingerprint density at radius 2 is 1.80 bits per heavy atom. The molecule has 0 aliphatic rings. The van der Waals surface area contributed by atoms with Crippen molar-refractivity contribution in [1.82, 2.24) is 4.98 Å². The molecule has 1 aromatic rings. The van der Waals surface area contributed by atoms with Crippen LogP contribution in [0.25, 0.3) is 0 Å². The SMILES string of the molecule is CCCCN(CCCC)c1cccnc1. The van der Waals surface area contributed by atoms with Crippen LogP contribution in [0.15, 0.2) is 24.5 Å². The van der Waals surface area contributed by atoms with E-state index in [4.69, 9.17) is 0 Å². The van der Waals surface area contributed by atoms with Crippen LogP contribution in [0.5, 0.6) is 0 Å². The van der Waals surface area contributed by atoms with E-state index in [1.54, 1.807) is 0 Å². The molecule has 1 heterocycles. The molecule has 0 spiro atoms. The third-order valence-corrected chi connectivity index (χ3v) is 2.57. The molecule has 0 N–H and O–H groups in total. The Morgan fingerprint density at radius 3 is 2.27 bits per heavy atom. The van der Waals surface area contributed by atoms with E-state index in [0.29, 0.717) is 0 Å². The number of hydrogen-bond acceptors (Lipinski definition) is 2. The summed E-state index contributed by atoms with van der Waals surface area (Å²) in [6.07, 6.45) is 8.83. The maximum atomic E-state index is 4.18. The largest absolute Gasteiger partial charge is 0.370 e. The highest BCUT2D eigenvalue weighted by atomic mass is 15.1. The molecule has 1 aromatic heterocycles. The van der Waals surface area contributed by atoms with Gasteiger partial charge in [-0.2, -0.15) is 0 Å². The summed E-state index contributed by atoms with van der Waals surface area (Å²) in [5, 5.41) is 0. The van der Waals surface area contributed by atoms with Gasteiger partial charge in [0.2, 0.25) is 0 Å². The van der Waals surface area contributed by atoms with Crippen LogP contribution in [0.2, 0.25) is 0 Å². The van der Waals surface area contributed by atoms with E-state index in [-0.39, 0.29) is 0 Å². The molecule has 0 aliphatic heterocycles. The molecule has 0 fully saturated rings. The summed E-state index contributed by atoms with van der Waals surface area (Å²) in [4.78, 5) is 6.62. The van der Waals surface area contributed by atoms with Crippen molar-refractivity contribution < 1.29 is 0 Å². The molecule has 2 heteroatoms. The van der Waals surface area contributed by atoms with E-state index in [0.717, 1.165) is 13.1 Å². The minimum atomic E-state index is 1.15. The van der Waals surface area contributed by atoms with Gasteiger partial charge in [-0.3, -0.25) is 4.98 Å². The van der Waals surface area contributed by atoms with Crippen LogP contribution in [0.1, 0.15) is 39.5 Å². The van der Waals surface area contributed by atoms with Gasteiger partial charge in [-0.15, -0.1) is 0 Å². The van der Waals surface area contributed by atoms with Gasteiger partial charge in [-0.25, -0.2) is 0 Å². The number of hydrogen-bond donors (Lipinski definition) is 0. The van der Waals surface area contributed by atoms with Crippen LogP contribution in [0.4, 0.5) is 5.69 Å². The van der Waals surface area contributed by atoms with Crippen molar-refractivity contribution in [3.8, 4) is 0 Å². The summed E-state index contributed by atoms with van der Waals surface area (Å²) in [6.45, 7) is 6.78. The molecule has 0 saturated heterocycles. The minimum Gasteiger partial charge on any atom is -0.370 e. The van der Waals surface area contributed by atoms with E-state index in [1.165, 1.54) is 31.4 Å². The smallest absolute Gasteiger partial charge is 0.0552 e. The van der Waals surface area contributed by atoms with Gasteiger partial charge in [0.25, 0.3) is 0 Å². The molecule has 0 aromatic carbocycles. The first-order valence-electron chi connectivity index (χ1n) is 6.03. The van der Waals surface area contributed by atoms with Crippen LogP contribution in [0, 0.1) is 0 Å². The Hall–Kier alpha value is -1.05. The molecule has 1 rings (SSSR count). The summed E-state index contributed by atoms with van der Waals surface area (Å²) in [7, 11) is 0. The Balaban J connectivity index is 2.55. The second kappa shape index (κ2) is 7.27. The fraction of sp³-hybridized carbons (Fsp3) is 0.615. The highest BCUT2D eigenvalue weighted by Gasteiger charge is 2.04. The number of aromatic nitrogens is 1. The summed E-state index contributed by atoms with van der Waals surface area (Å²) in [6, 6.07) is 4.17. The van der Waals surface area contributed by atoms with Gasteiger partial charge in [0.15, 0.2) is 0 Å². The Labute approximate surface area is 93.3 Å². The van der Waals surface area contributed by atoms with Crippen molar-refractivity contribution in [3.63, 3.8) is 0 Å². The molecule has 0 aliphatic carbocycles. The second-order valence-electron chi connectivity index (χ2n) is 3.91. The molecule has 0 bridgehead atoms. The third-order valence-electron chi connectivity index (χ3n) is 2.57. The molecule has 15 heavy (non-hydrogen) atoms. The maximum Gasteiger partial charge on any atom is 0.0552 e. The number of rotatable bonds is 7. The van der Waals surface area contributed by atoms with Crippen molar-refractivity contribution in [2.45, 2.75) is 39.5 Å². The lowest BCUT2D eigenvalue weighted by Crippen LogP contribution is -2.25. The summed E-state index contributed by atoms with van der Waals surface area (Å²) < 4.78 is 0. The first-order chi connectivity index (χ1) is 7.38. The van der Waals surface area contributed by atoms with Crippen molar-refractivity contribution >= 4 is 5.69 Å². The van der Waals surface area contributed by atoms with E-state index in [9.17, 15) is 0 Å². The molecule has 84 valence electrons. The molecule has 0 atom stereocenters. The van der Waals surface area contributed by atoms with Gasteiger partial charge in [-0.1, -0.05) is 26.7 Å². The van der Waals surface area contributed by atoms with Crippen LogP contribution < -0.4 is 4.90 Å². The molecule has 2 nitrogen and oxygen atoms in total. The van der Waals surface area contributed by atoms with Crippen molar-refractivity contribution in [1.29, 1.82) is 0 Å². The van der Waals surface area contributed by atoms with Gasteiger partial charge < -0.3 is 4.90 Å². The van der Waals surface area contributed by atoms with Crippen molar-refractivity contribution in [2.75, 3.05) is 18.0 Å². The average Bonchev–Trinajstić information content (AvgIpc) is 2.30. The molecular formula is C13H22N2. The van der Waals surface area contributed by atoms with Gasteiger partial charge in [0, 0.05) is 19.3 Å². The normalized spacial score (nSPS) is 10.3. The van der Waals surface area contributed by atoms with E-state index >= 15 is 0 Å². The predicted octanol–water partition coefficient (Wildman–Crippen LogP) is 3.49. The first-order valence-corrected chi connectivity index (χ1v) is 6.03. The first kappa shape index (κ1) is 12.0. The summed E-state index contributed by atoms with van der Waals surface area (Å²) in [5.41, 5.74) is 1.26. The van der Waals surface area contributed by atoms with Crippen LogP contribution in [-0.4, -0.2) is 18.1 Å². The third kappa shape index (κ3) is 4.32.